The number of aromatic hydroxyl groups is 1. The van der Waals surface area contributed by atoms with E-state index in [-0.39, 0.29) is 14.3 Å². The van der Waals surface area contributed by atoms with Crippen LogP contribution in [0.25, 0.3) is 0 Å². The highest BCUT2D eigenvalue weighted by atomic mass is 16.3. The van der Waals surface area contributed by atoms with Gasteiger partial charge in [-0.3, -0.25) is 0 Å². The van der Waals surface area contributed by atoms with Crippen molar-refractivity contribution >= 4 is 8.41 Å². The lowest BCUT2D eigenvalue weighted by Gasteiger charge is -1.94. The maximum Gasteiger partial charge on any atom is 0.214 e. The first-order chi connectivity index (χ1) is 4.18. The van der Waals surface area contributed by atoms with Gasteiger partial charge in [-0.15, -0.1) is 0 Å². The first-order valence-corrected chi connectivity index (χ1v) is 2.70. The summed E-state index contributed by atoms with van der Waals surface area (Å²) in [6, 6.07) is 1.52. The molecule has 0 atom stereocenters. The van der Waals surface area contributed by atoms with Gasteiger partial charge in [-0.1, -0.05) is 0 Å². The van der Waals surface area contributed by atoms with E-state index in [4.69, 9.17) is 5.11 Å². The van der Waals surface area contributed by atoms with Crippen molar-refractivity contribution in [1.29, 1.82) is 0 Å². The summed E-state index contributed by atoms with van der Waals surface area (Å²) in [7, 11) is 0. The van der Waals surface area contributed by atoms with Gasteiger partial charge in [-0.2, -0.15) is 4.98 Å². The third-order valence-corrected chi connectivity index (χ3v) is 0.952. The Balaban J connectivity index is 0.000000810. The zero-order valence-electron chi connectivity index (χ0n) is 5.42. The summed E-state index contributed by atoms with van der Waals surface area (Å²) in [6.07, 6.45) is 0. The van der Waals surface area contributed by atoms with E-state index >= 15 is 0 Å². The monoisotopic (exact) mass is 138 g/mol. The first kappa shape index (κ1) is 8.94. The van der Waals surface area contributed by atoms with Crippen molar-refractivity contribution in [2.75, 3.05) is 0 Å². The zero-order chi connectivity index (χ0) is 6.85. The van der Waals surface area contributed by atoms with Crippen LogP contribution >= 0.6 is 0 Å². The smallest absolute Gasteiger partial charge is 0.214 e. The Hall–Kier alpha value is -1.06. The predicted molar refractivity (Wildman–Crippen MR) is 43.1 cm³/mol. The molecule has 0 aliphatic heterocycles. The van der Waals surface area contributed by atoms with Gasteiger partial charge in [0, 0.05) is 11.8 Å². The highest BCUT2D eigenvalue weighted by Crippen LogP contribution is 2.04. The molecule has 0 saturated carbocycles. The standard InChI is InChI=1S/C6H8N2O.BH3/c1-4-3-6(9)8-5(2)7-4;/h3H,1-2H3,(H,7,8,9);1H3. The molecule has 10 heavy (non-hydrogen) atoms. The normalized spacial score (nSPS) is 8.60. The Labute approximate surface area is 61.7 Å². The summed E-state index contributed by atoms with van der Waals surface area (Å²) in [6.45, 7) is 3.56. The van der Waals surface area contributed by atoms with E-state index in [1.165, 1.54) is 6.07 Å². The number of nitrogens with zero attached hydrogens (tertiary/aromatic N) is 2. The minimum absolute atomic E-state index is 0. The molecule has 1 heterocycles. The van der Waals surface area contributed by atoms with Crippen molar-refractivity contribution < 1.29 is 5.11 Å². The molecular formula is C6H11BN2O. The third kappa shape index (κ3) is 2.05. The minimum atomic E-state index is 0. The van der Waals surface area contributed by atoms with E-state index in [1.54, 1.807) is 6.92 Å². The molecule has 0 aliphatic rings. The topological polar surface area (TPSA) is 46.0 Å². The van der Waals surface area contributed by atoms with E-state index in [0.29, 0.717) is 5.82 Å². The molecule has 1 rings (SSSR count). The second-order valence-corrected chi connectivity index (χ2v) is 1.91. The van der Waals surface area contributed by atoms with Crippen LogP contribution in [0.4, 0.5) is 0 Å². The first-order valence-electron chi connectivity index (χ1n) is 2.70. The van der Waals surface area contributed by atoms with Crippen molar-refractivity contribution in [3.8, 4) is 5.88 Å². The van der Waals surface area contributed by atoms with Crippen LogP contribution in [-0.2, 0) is 0 Å². The van der Waals surface area contributed by atoms with Gasteiger partial charge in [-0.05, 0) is 13.8 Å². The molecular weight excluding hydrogens is 127 g/mol. The van der Waals surface area contributed by atoms with Gasteiger partial charge in [0.05, 0.1) is 8.41 Å². The SMILES string of the molecule is B.Cc1cc(O)nc(C)n1. The van der Waals surface area contributed by atoms with Crippen LogP contribution in [0.3, 0.4) is 0 Å². The third-order valence-electron chi connectivity index (χ3n) is 0.952. The number of rotatable bonds is 0. The predicted octanol–water partition coefficient (Wildman–Crippen LogP) is -0.385. The molecule has 3 nitrogen and oxygen atoms in total. The largest absolute Gasteiger partial charge is 0.493 e. The summed E-state index contributed by atoms with van der Waals surface area (Å²) in [5.74, 6) is 0.646. The second kappa shape index (κ2) is 3.20. The fourth-order valence-corrected chi connectivity index (χ4v) is 0.697. The van der Waals surface area contributed by atoms with Gasteiger partial charge in [0.15, 0.2) is 0 Å². The number of hydrogen-bond donors (Lipinski definition) is 1. The average molecular weight is 138 g/mol. The molecule has 0 aliphatic carbocycles. The zero-order valence-corrected chi connectivity index (χ0v) is 5.42. The van der Waals surface area contributed by atoms with Gasteiger partial charge in [0.2, 0.25) is 5.88 Å². The lowest BCUT2D eigenvalue weighted by Crippen LogP contribution is -1.88. The van der Waals surface area contributed by atoms with Crippen LogP contribution in [-0.4, -0.2) is 23.5 Å². The Bertz CT molecular complexity index is 177. The number of hydrogen-bond acceptors (Lipinski definition) is 3. The van der Waals surface area contributed by atoms with Crippen LogP contribution < -0.4 is 0 Å². The van der Waals surface area contributed by atoms with E-state index in [9.17, 15) is 0 Å². The summed E-state index contributed by atoms with van der Waals surface area (Å²) in [5, 5.41) is 8.84. The lowest BCUT2D eigenvalue weighted by molar-refractivity contribution is 0.449. The van der Waals surface area contributed by atoms with E-state index < -0.39 is 0 Å². The molecule has 0 spiro atoms. The Morgan fingerprint density at radius 2 is 1.90 bits per heavy atom. The van der Waals surface area contributed by atoms with Gasteiger partial charge in [0.1, 0.15) is 5.82 Å². The summed E-state index contributed by atoms with van der Waals surface area (Å²) in [4.78, 5) is 7.64. The molecule has 0 aromatic carbocycles. The average Bonchev–Trinajstić information content (AvgIpc) is 1.59. The van der Waals surface area contributed by atoms with Crippen LogP contribution in [0, 0.1) is 13.8 Å². The Morgan fingerprint density at radius 1 is 1.30 bits per heavy atom. The van der Waals surface area contributed by atoms with Gasteiger partial charge >= 0.3 is 0 Å². The molecule has 1 aromatic rings. The lowest BCUT2D eigenvalue weighted by atomic mass is 10.4. The van der Waals surface area contributed by atoms with Crippen LogP contribution in [0.15, 0.2) is 6.07 Å². The molecule has 0 amide bonds. The Kier molecular flexibility index (Phi) is 2.86. The molecule has 4 heteroatoms. The highest BCUT2D eigenvalue weighted by Gasteiger charge is 1.92. The molecule has 0 unspecified atom stereocenters. The molecule has 0 saturated heterocycles. The second-order valence-electron chi connectivity index (χ2n) is 1.91. The molecule has 1 aromatic heterocycles. The van der Waals surface area contributed by atoms with E-state index in [0.717, 1.165) is 5.69 Å². The summed E-state index contributed by atoms with van der Waals surface area (Å²) in [5.41, 5.74) is 0.792. The van der Waals surface area contributed by atoms with Crippen molar-refractivity contribution in [1.82, 2.24) is 9.97 Å². The maximum absolute atomic E-state index is 8.84. The molecule has 54 valence electrons. The van der Waals surface area contributed by atoms with Crippen molar-refractivity contribution in [2.24, 2.45) is 0 Å². The van der Waals surface area contributed by atoms with Crippen molar-refractivity contribution in [2.45, 2.75) is 13.8 Å². The highest BCUT2D eigenvalue weighted by molar-refractivity contribution is 5.75. The fourth-order valence-electron chi connectivity index (χ4n) is 0.697. The van der Waals surface area contributed by atoms with Crippen LogP contribution in [0.2, 0.25) is 0 Å². The fraction of sp³-hybridized carbons (Fsp3) is 0.333. The van der Waals surface area contributed by atoms with E-state index in [1.807, 2.05) is 6.92 Å². The Morgan fingerprint density at radius 3 is 2.30 bits per heavy atom. The minimum Gasteiger partial charge on any atom is -0.493 e. The van der Waals surface area contributed by atoms with Gasteiger partial charge in [-0.25, -0.2) is 4.98 Å². The van der Waals surface area contributed by atoms with Gasteiger partial charge in [0.25, 0.3) is 0 Å². The summed E-state index contributed by atoms with van der Waals surface area (Å²) >= 11 is 0. The molecule has 1 N–H and O–H groups in total. The summed E-state index contributed by atoms with van der Waals surface area (Å²) < 4.78 is 0. The number of aromatic nitrogens is 2. The van der Waals surface area contributed by atoms with Crippen molar-refractivity contribution in [3.05, 3.63) is 17.6 Å². The maximum atomic E-state index is 8.84. The molecule has 0 radical (unpaired) electrons. The molecule has 0 fully saturated rings. The van der Waals surface area contributed by atoms with Gasteiger partial charge < -0.3 is 5.11 Å². The van der Waals surface area contributed by atoms with Crippen LogP contribution in [0.1, 0.15) is 11.5 Å². The quantitative estimate of drug-likeness (QED) is 0.497. The van der Waals surface area contributed by atoms with Crippen LogP contribution in [0.5, 0.6) is 5.88 Å². The molecule has 0 bridgehead atoms. The number of aryl methyl sites for hydroxylation is 2. The van der Waals surface area contributed by atoms with E-state index in [2.05, 4.69) is 9.97 Å². The van der Waals surface area contributed by atoms with Crippen molar-refractivity contribution in [3.63, 3.8) is 0 Å².